The molecule has 1 unspecified atom stereocenters. The van der Waals surface area contributed by atoms with E-state index in [-0.39, 0.29) is 56.2 Å². The predicted molar refractivity (Wildman–Crippen MR) is 252 cm³/mol. The van der Waals surface area contributed by atoms with E-state index in [0.29, 0.717) is 11.8 Å². The zero-order chi connectivity index (χ0) is 54.4. The van der Waals surface area contributed by atoms with Gasteiger partial charge < -0.3 is 78.2 Å². The molecule has 26 heteroatoms. The van der Waals surface area contributed by atoms with Crippen LogP contribution in [0.5, 0.6) is 5.75 Å². The number of nitrogens with two attached hydrogens (primary N) is 1. The largest absolute Gasteiger partial charge is 0.508 e. The third kappa shape index (κ3) is 21.4. The number of carbonyl (C=O) groups excluding carboxylic acids is 9. The first-order valence-corrected chi connectivity index (χ1v) is 23.4. The van der Waals surface area contributed by atoms with E-state index in [1.807, 2.05) is 13.8 Å². The van der Waals surface area contributed by atoms with Crippen molar-refractivity contribution < 1.29 is 83.1 Å². The number of aromatic hydroxyl groups is 1. The Bertz CT molecular complexity index is 2100. The Balaban J connectivity index is 2.25. The fraction of sp³-hybridized carbons (Fsp3) is 0.609. The second-order valence-corrected chi connectivity index (χ2v) is 18.4. The Morgan fingerprint density at radius 1 is 0.681 bits per heavy atom. The molecule has 1 aliphatic rings. The molecule has 0 saturated carbocycles. The van der Waals surface area contributed by atoms with E-state index in [0.717, 1.165) is 11.8 Å². The molecule has 1 saturated heterocycles. The van der Waals surface area contributed by atoms with Gasteiger partial charge in [-0.1, -0.05) is 39.8 Å². The summed E-state index contributed by atoms with van der Waals surface area (Å²) in [4.78, 5) is 155. The summed E-state index contributed by atoms with van der Waals surface area (Å²) >= 11 is 0. The lowest BCUT2D eigenvalue weighted by molar-refractivity contribution is -0.146. The number of hydrogen-bond donors (Lipinski definition) is 13. The van der Waals surface area contributed by atoms with Crippen molar-refractivity contribution in [1.82, 2.24) is 42.1 Å². The smallest absolute Gasteiger partial charge is 0.305 e. The molecule has 2 rings (SSSR count). The summed E-state index contributed by atoms with van der Waals surface area (Å²) in [5.74, 6) is -12.2. The quantitative estimate of drug-likeness (QED) is 0.0333. The molecular weight excluding hydrogens is 951 g/mol. The number of benzene rings is 1. The number of carbonyl (C=O) groups is 12. The highest BCUT2D eigenvalue weighted by Crippen LogP contribution is 2.21. The SMILES string of the molecule is CC(C)C[C@@H](C=O)NC(=O)[C@H](Cc1ccc(O)cc1)NC(=O)[C@H](CCC(=O)O)NC(=O)CNC(=O)[C@@H](NC(=O)[C@H](CCC(=O)O)NC(=O)[C@@H]1CCCN1C(=O)[C@H](CC(=O)O)NC(=O)[C@@H](N)CC(C)C)C(C)O. The number of carboxylic acid groups (broad SMARTS) is 3. The highest BCUT2D eigenvalue weighted by atomic mass is 16.4. The molecule has 8 amide bonds. The number of amides is 8. The fourth-order valence-corrected chi connectivity index (χ4v) is 7.58. The molecule has 400 valence electrons. The van der Waals surface area contributed by atoms with Gasteiger partial charge in [-0.3, -0.25) is 52.7 Å². The Hall–Kier alpha value is -7.22. The van der Waals surface area contributed by atoms with E-state index in [2.05, 4.69) is 37.2 Å². The van der Waals surface area contributed by atoms with Crippen LogP contribution < -0.4 is 43.0 Å². The minimum atomic E-state index is -1.86. The van der Waals surface area contributed by atoms with Crippen LogP contribution in [0.25, 0.3) is 0 Å². The van der Waals surface area contributed by atoms with Gasteiger partial charge in [0.2, 0.25) is 47.3 Å². The zero-order valence-electron chi connectivity index (χ0n) is 40.9. The van der Waals surface area contributed by atoms with Crippen LogP contribution in [0, 0.1) is 11.8 Å². The second kappa shape index (κ2) is 29.8. The summed E-state index contributed by atoms with van der Waals surface area (Å²) in [6.07, 6.45) is -3.88. The van der Waals surface area contributed by atoms with Crippen molar-refractivity contribution >= 4 is 71.5 Å². The van der Waals surface area contributed by atoms with Gasteiger partial charge >= 0.3 is 17.9 Å². The maximum Gasteiger partial charge on any atom is 0.305 e. The fourth-order valence-electron chi connectivity index (χ4n) is 7.58. The van der Waals surface area contributed by atoms with Crippen LogP contribution in [0.1, 0.15) is 98.0 Å². The minimum Gasteiger partial charge on any atom is -0.508 e. The van der Waals surface area contributed by atoms with Gasteiger partial charge in [0.05, 0.1) is 31.2 Å². The van der Waals surface area contributed by atoms with Crippen LogP contribution in [0.2, 0.25) is 0 Å². The van der Waals surface area contributed by atoms with Crippen molar-refractivity contribution in [2.45, 2.75) is 153 Å². The first kappa shape index (κ1) is 60.9. The van der Waals surface area contributed by atoms with Gasteiger partial charge in [0.25, 0.3) is 0 Å². The summed E-state index contributed by atoms with van der Waals surface area (Å²) in [6.45, 7) is 7.33. The molecule has 0 spiro atoms. The van der Waals surface area contributed by atoms with Gasteiger partial charge in [-0.15, -0.1) is 0 Å². The number of hydrogen-bond acceptors (Lipinski definition) is 15. The molecule has 0 aliphatic carbocycles. The molecule has 1 aromatic carbocycles. The number of nitrogens with one attached hydrogen (secondary N) is 7. The third-order valence-corrected chi connectivity index (χ3v) is 11.2. The molecule has 0 radical (unpaired) electrons. The molecule has 1 aromatic rings. The third-order valence-electron chi connectivity index (χ3n) is 11.2. The van der Waals surface area contributed by atoms with Crippen molar-refractivity contribution in [2.24, 2.45) is 17.6 Å². The van der Waals surface area contributed by atoms with Crippen LogP contribution in [-0.4, -0.2) is 169 Å². The van der Waals surface area contributed by atoms with Gasteiger partial charge in [0, 0.05) is 25.8 Å². The normalized spacial score (nSPS) is 16.6. The minimum absolute atomic E-state index is 0.00596. The van der Waals surface area contributed by atoms with Crippen LogP contribution in [0.3, 0.4) is 0 Å². The molecule has 1 fully saturated rings. The number of rotatable bonds is 31. The zero-order valence-corrected chi connectivity index (χ0v) is 40.9. The number of aliphatic hydroxyl groups is 1. The van der Waals surface area contributed by atoms with Crippen molar-refractivity contribution in [3.8, 4) is 5.75 Å². The number of aliphatic carboxylic acids is 3. The van der Waals surface area contributed by atoms with Crippen LogP contribution in [0.15, 0.2) is 24.3 Å². The van der Waals surface area contributed by atoms with Crippen LogP contribution >= 0.6 is 0 Å². The molecule has 1 heterocycles. The first-order valence-electron chi connectivity index (χ1n) is 23.4. The number of phenolic OH excluding ortho intramolecular Hbond substituents is 1. The number of phenols is 1. The molecule has 1 aliphatic heterocycles. The number of carboxylic acids is 3. The standard InChI is InChI=1S/C46H69N9O17/c1-23(2)17-27(22-56)49-43(69)32(19-26-8-10-28(58)11-9-26)52-41(67)30(12-14-36(60)61)50-35(59)21-48-45(71)39(25(5)57)54-42(68)31(13-15-37(62)63)51-44(70)34-7-6-16-55(34)46(72)33(20-38(64)65)53-40(66)29(47)18-24(3)4/h8-11,22-25,27,29-34,39,57-58H,6-7,12-21,47H2,1-5H3,(H,48,71)(H,49,69)(H,50,59)(H,51,70)(H,52,67)(H,53,66)(H,54,68)(H,60,61)(H,62,63)(H,64,65)/t25?,27-,29-,30-,31-,32-,33-,34-,39-/m0/s1. The number of likely N-dealkylation sites (tertiary alicyclic amines) is 1. The lowest BCUT2D eigenvalue weighted by Crippen LogP contribution is -2.60. The summed E-state index contributed by atoms with van der Waals surface area (Å²) in [5, 5.41) is 65.0. The Morgan fingerprint density at radius 2 is 1.22 bits per heavy atom. The van der Waals surface area contributed by atoms with Gasteiger partial charge in [-0.25, -0.2) is 0 Å². The highest BCUT2D eigenvalue weighted by Gasteiger charge is 2.41. The van der Waals surface area contributed by atoms with Crippen LogP contribution in [-0.2, 0) is 64.0 Å². The Labute approximate surface area is 415 Å². The van der Waals surface area contributed by atoms with Crippen molar-refractivity contribution in [3.63, 3.8) is 0 Å². The maximum atomic E-state index is 13.7. The van der Waals surface area contributed by atoms with Gasteiger partial charge in [-0.2, -0.15) is 0 Å². The Morgan fingerprint density at radius 3 is 1.75 bits per heavy atom. The second-order valence-electron chi connectivity index (χ2n) is 18.4. The predicted octanol–water partition coefficient (Wildman–Crippen LogP) is -2.85. The van der Waals surface area contributed by atoms with Gasteiger partial charge in [0.15, 0.2) is 0 Å². The summed E-state index contributed by atoms with van der Waals surface area (Å²) in [5.41, 5.74) is 6.40. The first-order chi connectivity index (χ1) is 33.7. The average Bonchev–Trinajstić information content (AvgIpc) is 3.79. The lowest BCUT2D eigenvalue weighted by atomic mass is 10.0. The van der Waals surface area contributed by atoms with E-state index in [1.54, 1.807) is 13.8 Å². The lowest BCUT2D eigenvalue weighted by Gasteiger charge is -2.30. The van der Waals surface area contributed by atoms with E-state index in [9.17, 15) is 83.1 Å². The molecule has 26 nitrogen and oxygen atoms in total. The Kier molecular flexibility index (Phi) is 25.2. The molecule has 72 heavy (non-hydrogen) atoms. The monoisotopic (exact) mass is 1020 g/mol. The summed E-state index contributed by atoms with van der Waals surface area (Å²) in [7, 11) is 0. The number of aliphatic hydroxyl groups excluding tert-OH is 1. The molecule has 9 atom stereocenters. The summed E-state index contributed by atoms with van der Waals surface area (Å²) < 4.78 is 0. The molecule has 0 aromatic heterocycles. The van der Waals surface area contributed by atoms with Crippen LogP contribution in [0.4, 0.5) is 0 Å². The van der Waals surface area contributed by atoms with E-state index < -0.39 is 158 Å². The highest BCUT2D eigenvalue weighted by molar-refractivity contribution is 5.98. The number of aldehydes is 1. The maximum absolute atomic E-state index is 13.7. The van der Waals surface area contributed by atoms with Crippen molar-refractivity contribution in [2.75, 3.05) is 13.1 Å². The van der Waals surface area contributed by atoms with Crippen molar-refractivity contribution in [1.29, 1.82) is 0 Å². The summed E-state index contributed by atoms with van der Waals surface area (Å²) in [6, 6.07) is -5.90. The van der Waals surface area contributed by atoms with E-state index >= 15 is 0 Å². The van der Waals surface area contributed by atoms with E-state index in [4.69, 9.17) is 5.73 Å². The topological polar surface area (TPSA) is 419 Å². The molecule has 14 N–H and O–H groups in total. The molecular formula is C46H69N9O17. The average molecular weight is 1020 g/mol. The van der Waals surface area contributed by atoms with Crippen molar-refractivity contribution in [3.05, 3.63) is 29.8 Å². The number of nitrogens with zero attached hydrogens (tertiary/aromatic N) is 1. The van der Waals surface area contributed by atoms with E-state index in [1.165, 1.54) is 24.3 Å². The van der Waals surface area contributed by atoms with Gasteiger partial charge in [0.1, 0.15) is 48.3 Å². The van der Waals surface area contributed by atoms with Gasteiger partial charge in [-0.05, 0) is 75.0 Å². The molecule has 0 bridgehead atoms.